The molecule has 6 heteroatoms. The quantitative estimate of drug-likeness (QED) is 0.753. The van der Waals surface area contributed by atoms with Crippen LogP contribution in [0.2, 0.25) is 0 Å². The number of carbonyl (C=O) groups is 2. The van der Waals surface area contributed by atoms with Crippen LogP contribution in [0, 0.1) is 5.92 Å². The Bertz CT molecular complexity index is 1080. The van der Waals surface area contributed by atoms with Gasteiger partial charge in [0, 0.05) is 29.3 Å². The lowest BCUT2D eigenvalue weighted by molar-refractivity contribution is -0.143. The van der Waals surface area contributed by atoms with Crippen LogP contribution in [0.4, 0.5) is 0 Å². The van der Waals surface area contributed by atoms with Gasteiger partial charge in [-0.3, -0.25) is 14.6 Å². The van der Waals surface area contributed by atoms with Crippen LogP contribution in [0.15, 0.2) is 64.8 Å². The van der Waals surface area contributed by atoms with Crippen LogP contribution in [-0.2, 0) is 14.3 Å². The molecule has 2 aliphatic rings. The van der Waals surface area contributed by atoms with Gasteiger partial charge in [0.2, 0.25) is 0 Å². The molecule has 1 aliphatic carbocycles. The van der Waals surface area contributed by atoms with Gasteiger partial charge in [0.1, 0.15) is 17.4 Å². The summed E-state index contributed by atoms with van der Waals surface area (Å²) in [5.74, 6) is -0.839. The van der Waals surface area contributed by atoms with E-state index >= 15 is 0 Å². The molecule has 31 heavy (non-hydrogen) atoms. The molecule has 6 nitrogen and oxygen atoms in total. The number of hydrogen-bond donors (Lipinski definition) is 1. The standard InChI is InChI=1S/C25H25NO5/c1-14-22(25(29)31-3)23(16-5-4-6-18(27)11-16)24-20(26-14)12-17(13-21(24)28)15-7-9-19(30-2)10-8-15/h4-11,17,22-23,27H,12-13H2,1-3H3/t17-,22?,23+/m0/s1. The van der Waals surface area contributed by atoms with Crippen LogP contribution in [0.1, 0.15) is 42.7 Å². The summed E-state index contributed by atoms with van der Waals surface area (Å²) >= 11 is 0. The van der Waals surface area contributed by atoms with Gasteiger partial charge >= 0.3 is 5.97 Å². The van der Waals surface area contributed by atoms with Gasteiger partial charge in [0.05, 0.1) is 14.2 Å². The van der Waals surface area contributed by atoms with Crippen molar-refractivity contribution in [1.29, 1.82) is 0 Å². The Hall–Kier alpha value is -3.41. The summed E-state index contributed by atoms with van der Waals surface area (Å²) in [5, 5.41) is 10.0. The monoisotopic (exact) mass is 419 g/mol. The Balaban J connectivity index is 1.78. The number of carbonyl (C=O) groups excluding carboxylic acids is 2. The first kappa shape index (κ1) is 20.8. The Morgan fingerprint density at radius 3 is 2.45 bits per heavy atom. The molecule has 0 spiro atoms. The summed E-state index contributed by atoms with van der Waals surface area (Å²) in [6.45, 7) is 1.79. The molecule has 0 fully saturated rings. The number of ether oxygens (including phenoxy) is 2. The lowest BCUT2D eigenvalue weighted by Gasteiger charge is -2.36. The second-order valence-corrected chi connectivity index (χ2v) is 7.99. The molecule has 0 saturated carbocycles. The summed E-state index contributed by atoms with van der Waals surface area (Å²) in [4.78, 5) is 30.8. The number of Topliss-reactive ketones (excluding diaryl/α,β-unsaturated/α-hetero) is 1. The molecule has 3 atom stereocenters. The van der Waals surface area contributed by atoms with E-state index in [-0.39, 0.29) is 17.5 Å². The van der Waals surface area contributed by atoms with Crippen molar-refractivity contribution < 1.29 is 24.2 Å². The summed E-state index contributed by atoms with van der Waals surface area (Å²) in [6.07, 6.45) is 0.941. The lowest BCUT2D eigenvalue weighted by atomic mass is 9.69. The zero-order valence-electron chi connectivity index (χ0n) is 17.8. The first-order chi connectivity index (χ1) is 14.9. The zero-order valence-corrected chi connectivity index (χ0v) is 17.8. The minimum absolute atomic E-state index is 0.00760. The average molecular weight is 419 g/mol. The van der Waals surface area contributed by atoms with E-state index in [9.17, 15) is 14.7 Å². The predicted octanol–water partition coefficient (Wildman–Crippen LogP) is 4.15. The Labute approximate surface area is 181 Å². The number of benzene rings is 2. The molecule has 0 amide bonds. The van der Waals surface area contributed by atoms with Crippen LogP contribution in [0.25, 0.3) is 0 Å². The van der Waals surface area contributed by atoms with Gasteiger partial charge in [-0.2, -0.15) is 0 Å². The number of phenolic OH excluding ortho intramolecular Hbond substituents is 1. The van der Waals surface area contributed by atoms with Crippen molar-refractivity contribution in [2.75, 3.05) is 14.2 Å². The molecule has 0 radical (unpaired) electrons. The number of rotatable bonds is 4. The third-order valence-corrected chi connectivity index (χ3v) is 6.16. The molecule has 1 unspecified atom stereocenters. The van der Waals surface area contributed by atoms with Crippen molar-refractivity contribution >= 4 is 17.5 Å². The van der Waals surface area contributed by atoms with Crippen molar-refractivity contribution in [3.05, 3.63) is 70.9 Å². The van der Waals surface area contributed by atoms with Crippen molar-refractivity contribution in [2.24, 2.45) is 10.9 Å². The minimum Gasteiger partial charge on any atom is -0.508 e. The number of aromatic hydroxyl groups is 1. The number of aliphatic imine (C=N–C) groups is 1. The first-order valence-electron chi connectivity index (χ1n) is 10.2. The van der Waals surface area contributed by atoms with E-state index in [4.69, 9.17) is 14.5 Å². The highest BCUT2D eigenvalue weighted by Gasteiger charge is 2.44. The van der Waals surface area contributed by atoms with E-state index in [1.165, 1.54) is 7.11 Å². The van der Waals surface area contributed by atoms with Gasteiger partial charge < -0.3 is 14.6 Å². The predicted molar refractivity (Wildman–Crippen MR) is 116 cm³/mol. The van der Waals surface area contributed by atoms with Crippen LogP contribution >= 0.6 is 0 Å². The largest absolute Gasteiger partial charge is 0.508 e. The van der Waals surface area contributed by atoms with Crippen molar-refractivity contribution in [1.82, 2.24) is 0 Å². The second-order valence-electron chi connectivity index (χ2n) is 7.99. The third kappa shape index (κ3) is 3.85. The zero-order chi connectivity index (χ0) is 22.1. The van der Waals surface area contributed by atoms with Gasteiger partial charge in [-0.05, 0) is 54.7 Å². The number of phenols is 1. The van der Waals surface area contributed by atoms with Crippen molar-refractivity contribution in [2.45, 2.75) is 31.6 Å². The number of ketones is 1. The Kier molecular flexibility index (Phi) is 5.63. The van der Waals surface area contributed by atoms with Gasteiger partial charge in [-0.25, -0.2) is 0 Å². The highest BCUT2D eigenvalue weighted by atomic mass is 16.5. The molecule has 0 saturated heterocycles. The summed E-state index contributed by atoms with van der Waals surface area (Å²) in [7, 11) is 2.95. The van der Waals surface area contributed by atoms with E-state index in [1.807, 2.05) is 30.3 Å². The minimum atomic E-state index is -0.702. The number of esters is 1. The summed E-state index contributed by atoms with van der Waals surface area (Å²) in [6, 6.07) is 14.5. The maximum atomic E-state index is 13.4. The molecule has 0 bridgehead atoms. The van der Waals surface area contributed by atoms with Gasteiger partial charge in [0.25, 0.3) is 0 Å². The first-order valence-corrected chi connectivity index (χ1v) is 10.2. The van der Waals surface area contributed by atoms with Crippen LogP contribution in [0.3, 0.4) is 0 Å². The number of allylic oxidation sites excluding steroid dienone is 2. The highest BCUT2D eigenvalue weighted by molar-refractivity contribution is 6.09. The Morgan fingerprint density at radius 2 is 1.81 bits per heavy atom. The molecule has 1 heterocycles. The molecule has 4 rings (SSSR count). The summed E-state index contributed by atoms with van der Waals surface area (Å²) in [5.41, 5.74) is 3.63. The van der Waals surface area contributed by atoms with E-state index in [2.05, 4.69) is 0 Å². The van der Waals surface area contributed by atoms with Crippen LogP contribution < -0.4 is 4.74 Å². The fourth-order valence-corrected chi connectivity index (χ4v) is 4.68. The molecule has 2 aromatic rings. The topological polar surface area (TPSA) is 85.2 Å². The van der Waals surface area contributed by atoms with Gasteiger partial charge in [-0.15, -0.1) is 0 Å². The normalized spacial score (nSPS) is 23.1. The fourth-order valence-electron chi connectivity index (χ4n) is 4.68. The smallest absolute Gasteiger partial charge is 0.315 e. The third-order valence-electron chi connectivity index (χ3n) is 6.16. The lowest BCUT2D eigenvalue weighted by Crippen LogP contribution is -2.37. The van der Waals surface area contributed by atoms with E-state index in [0.717, 1.165) is 11.3 Å². The fraction of sp³-hybridized carbons (Fsp3) is 0.320. The molecular formula is C25H25NO5. The van der Waals surface area contributed by atoms with E-state index in [1.54, 1.807) is 32.2 Å². The maximum absolute atomic E-state index is 13.4. The van der Waals surface area contributed by atoms with E-state index < -0.39 is 17.8 Å². The Morgan fingerprint density at radius 1 is 1.06 bits per heavy atom. The summed E-state index contributed by atoms with van der Waals surface area (Å²) < 4.78 is 10.3. The maximum Gasteiger partial charge on any atom is 0.315 e. The van der Waals surface area contributed by atoms with Crippen molar-refractivity contribution in [3.63, 3.8) is 0 Å². The molecule has 1 N–H and O–H groups in total. The van der Waals surface area contributed by atoms with Crippen molar-refractivity contribution in [3.8, 4) is 11.5 Å². The SMILES string of the molecule is COC(=O)C1C(C)=NC2=C(C(=O)C[C@@H](c3ccc(OC)cc3)C2)[C@@H]1c1cccc(O)c1. The average Bonchev–Trinajstić information content (AvgIpc) is 2.77. The van der Waals surface area contributed by atoms with E-state index in [0.29, 0.717) is 35.4 Å². The van der Waals surface area contributed by atoms with Crippen LogP contribution in [-0.4, -0.2) is 36.8 Å². The van der Waals surface area contributed by atoms with Gasteiger partial charge in [-0.1, -0.05) is 24.3 Å². The molecule has 2 aromatic carbocycles. The molecule has 1 aliphatic heterocycles. The highest BCUT2D eigenvalue weighted by Crippen LogP contribution is 2.47. The number of methoxy groups -OCH3 is 2. The van der Waals surface area contributed by atoms with Crippen LogP contribution in [0.5, 0.6) is 11.5 Å². The number of hydrogen-bond acceptors (Lipinski definition) is 6. The molecule has 160 valence electrons. The number of nitrogens with zero attached hydrogens (tertiary/aromatic N) is 1. The molecular weight excluding hydrogens is 394 g/mol. The van der Waals surface area contributed by atoms with Gasteiger partial charge in [0.15, 0.2) is 5.78 Å². The second kappa shape index (κ2) is 8.38. The molecule has 0 aromatic heterocycles.